The lowest BCUT2D eigenvalue weighted by Gasteiger charge is -2.37. The SMILES string of the molecule is COc1cccc(N2CCN(CC(O)CCNC(=O)C3CCC(F)(F)CC3)CC2)c1F. The molecule has 2 N–H and O–H groups in total. The molecule has 0 aromatic heterocycles. The van der Waals surface area contributed by atoms with Crippen LogP contribution in [0, 0.1) is 11.7 Å². The molecule has 3 rings (SSSR count). The summed E-state index contributed by atoms with van der Waals surface area (Å²) in [6, 6.07) is 5.09. The normalized spacial score (nSPS) is 21.0. The minimum absolute atomic E-state index is 0.198. The van der Waals surface area contributed by atoms with Gasteiger partial charge in [0.25, 0.3) is 0 Å². The number of aliphatic hydroxyl groups excluding tert-OH is 1. The quantitative estimate of drug-likeness (QED) is 0.647. The number of benzene rings is 1. The van der Waals surface area contributed by atoms with E-state index in [1.165, 1.54) is 7.11 Å². The maximum atomic E-state index is 14.4. The lowest BCUT2D eigenvalue weighted by atomic mass is 9.86. The summed E-state index contributed by atoms with van der Waals surface area (Å²) in [5.74, 6) is -3.34. The number of rotatable bonds is 8. The molecule has 1 aromatic rings. The number of aliphatic hydroxyl groups is 1. The van der Waals surface area contributed by atoms with Crippen LogP contribution >= 0.6 is 0 Å². The van der Waals surface area contributed by atoms with Crippen molar-refractivity contribution in [2.75, 3.05) is 51.3 Å². The van der Waals surface area contributed by atoms with E-state index in [-0.39, 0.29) is 49.1 Å². The van der Waals surface area contributed by atoms with Gasteiger partial charge in [-0.2, -0.15) is 0 Å². The number of carbonyl (C=O) groups is 1. The van der Waals surface area contributed by atoms with Crippen LogP contribution in [0.25, 0.3) is 0 Å². The van der Waals surface area contributed by atoms with Crippen molar-refractivity contribution in [1.82, 2.24) is 10.2 Å². The summed E-state index contributed by atoms with van der Waals surface area (Å²) < 4.78 is 45.9. The first-order chi connectivity index (χ1) is 14.8. The van der Waals surface area contributed by atoms with Crippen LogP contribution in [0.5, 0.6) is 5.75 Å². The van der Waals surface area contributed by atoms with Crippen molar-refractivity contribution in [2.24, 2.45) is 5.92 Å². The highest BCUT2D eigenvalue weighted by molar-refractivity contribution is 5.78. The molecule has 6 nitrogen and oxygen atoms in total. The molecular weight excluding hydrogens is 411 g/mol. The molecule has 0 radical (unpaired) electrons. The third-order valence-corrected chi connectivity index (χ3v) is 6.21. The number of carbonyl (C=O) groups excluding carboxylic acids is 1. The lowest BCUT2D eigenvalue weighted by Crippen LogP contribution is -2.49. The highest BCUT2D eigenvalue weighted by Gasteiger charge is 2.37. The fourth-order valence-corrected chi connectivity index (χ4v) is 4.27. The van der Waals surface area contributed by atoms with Crippen molar-refractivity contribution in [3.63, 3.8) is 0 Å². The number of piperazine rings is 1. The zero-order valence-corrected chi connectivity index (χ0v) is 18.0. The minimum atomic E-state index is -2.64. The summed E-state index contributed by atoms with van der Waals surface area (Å²) in [5, 5.41) is 13.1. The van der Waals surface area contributed by atoms with E-state index in [2.05, 4.69) is 10.2 Å². The summed E-state index contributed by atoms with van der Waals surface area (Å²) in [5.41, 5.74) is 0.516. The largest absolute Gasteiger partial charge is 0.494 e. The van der Waals surface area contributed by atoms with Gasteiger partial charge in [0.05, 0.1) is 18.9 Å². The smallest absolute Gasteiger partial charge is 0.248 e. The number of ether oxygens (including phenoxy) is 1. The molecule has 1 aromatic carbocycles. The first-order valence-corrected chi connectivity index (χ1v) is 10.9. The van der Waals surface area contributed by atoms with Crippen molar-refractivity contribution in [3.8, 4) is 5.75 Å². The second kappa shape index (κ2) is 10.5. The van der Waals surface area contributed by atoms with Gasteiger partial charge in [-0.05, 0) is 31.4 Å². The molecule has 1 amide bonds. The minimum Gasteiger partial charge on any atom is -0.494 e. The second-order valence-electron chi connectivity index (χ2n) is 8.44. The zero-order valence-electron chi connectivity index (χ0n) is 18.0. The number of alkyl halides is 2. The van der Waals surface area contributed by atoms with Crippen molar-refractivity contribution >= 4 is 11.6 Å². The second-order valence-corrected chi connectivity index (χ2v) is 8.44. The van der Waals surface area contributed by atoms with Gasteiger partial charge in [0.1, 0.15) is 0 Å². The Hall–Kier alpha value is -2.00. The van der Waals surface area contributed by atoms with Gasteiger partial charge in [-0.1, -0.05) is 6.07 Å². The Morgan fingerprint density at radius 1 is 1.26 bits per heavy atom. The molecule has 9 heteroatoms. The molecule has 1 saturated heterocycles. The molecule has 174 valence electrons. The van der Waals surface area contributed by atoms with E-state index < -0.39 is 12.0 Å². The summed E-state index contributed by atoms with van der Waals surface area (Å²) >= 11 is 0. The van der Waals surface area contributed by atoms with Gasteiger partial charge >= 0.3 is 0 Å². The lowest BCUT2D eigenvalue weighted by molar-refractivity contribution is -0.129. The van der Waals surface area contributed by atoms with Gasteiger partial charge in [0.2, 0.25) is 11.8 Å². The standard InChI is InChI=1S/C22H32F3N3O3/c1-31-19-4-2-3-18(20(19)23)28-13-11-27(12-14-28)15-17(29)7-10-26-21(30)16-5-8-22(24,25)9-6-16/h2-4,16-17,29H,5-15H2,1H3,(H,26,30). The first-order valence-electron chi connectivity index (χ1n) is 10.9. The predicted octanol–water partition coefficient (Wildman–Crippen LogP) is 2.65. The highest BCUT2D eigenvalue weighted by atomic mass is 19.3. The summed E-state index contributed by atoms with van der Waals surface area (Å²) in [7, 11) is 1.44. The number of nitrogens with one attached hydrogen (secondary N) is 1. The topological polar surface area (TPSA) is 65.0 Å². The van der Waals surface area contributed by atoms with Gasteiger partial charge in [-0.25, -0.2) is 13.2 Å². The van der Waals surface area contributed by atoms with Gasteiger partial charge in [-0.3, -0.25) is 9.69 Å². The Morgan fingerprint density at radius 3 is 2.58 bits per heavy atom. The number of hydrogen-bond donors (Lipinski definition) is 2. The molecule has 0 spiro atoms. The van der Waals surface area contributed by atoms with Crippen LogP contribution in [0.2, 0.25) is 0 Å². The zero-order chi connectivity index (χ0) is 22.4. The Kier molecular flexibility index (Phi) is 8.05. The molecule has 1 aliphatic heterocycles. The van der Waals surface area contributed by atoms with Crippen molar-refractivity contribution < 1.29 is 27.8 Å². The maximum absolute atomic E-state index is 14.4. The van der Waals surface area contributed by atoms with Crippen LogP contribution in [-0.2, 0) is 4.79 Å². The van der Waals surface area contributed by atoms with Crippen LogP contribution in [-0.4, -0.2) is 74.3 Å². The number of methoxy groups -OCH3 is 1. The third-order valence-electron chi connectivity index (χ3n) is 6.21. The van der Waals surface area contributed by atoms with E-state index in [1.54, 1.807) is 18.2 Å². The molecule has 1 heterocycles. The van der Waals surface area contributed by atoms with E-state index in [4.69, 9.17) is 4.74 Å². The number of anilines is 1. The van der Waals surface area contributed by atoms with E-state index in [0.29, 0.717) is 51.4 Å². The molecule has 31 heavy (non-hydrogen) atoms. The fourth-order valence-electron chi connectivity index (χ4n) is 4.27. The van der Waals surface area contributed by atoms with Gasteiger partial charge in [0, 0.05) is 58.0 Å². The van der Waals surface area contributed by atoms with Crippen LogP contribution < -0.4 is 15.0 Å². The van der Waals surface area contributed by atoms with Gasteiger partial charge in [0.15, 0.2) is 11.6 Å². The van der Waals surface area contributed by atoms with Crippen molar-refractivity contribution in [2.45, 2.75) is 44.1 Å². The molecule has 1 saturated carbocycles. The third kappa shape index (κ3) is 6.49. The Balaban J connectivity index is 1.35. The fraction of sp³-hybridized carbons (Fsp3) is 0.682. The van der Waals surface area contributed by atoms with Gasteiger partial charge < -0.3 is 20.1 Å². The highest BCUT2D eigenvalue weighted by Crippen LogP contribution is 2.36. The van der Waals surface area contributed by atoms with E-state index in [1.807, 2.05) is 4.90 Å². The number of halogens is 3. The van der Waals surface area contributed by atoms with E-state index in [9.17, 15) is 23.1 Å². The Morgan fingerprint density at radius 2 is 1.94 bits per heavy atom. The monoisotopic (exact) mass is 443 g/mol. The molecule has 1 aliphatic carbocycles. The van der Waals surface area contributed by atoms with Crippen molar-refractivity contribution in [3.05, 3.63) is 24.0 Å². The Labute approximate surface area is 181 Å². The average molecular weight is 444 g/mol. The summed E-state index contributed by atoms with van der Waals surface area (Å²) in [6.07, 6.45) is -0.256. The number of amides is 1. The molecule has 0 bridgehead atoms. The number of β-amino-alcohol motifs (C(OH)–C–C–N with tert-alkyl or cyclic N) is 1. The molecule has 1 unspecified atom stereocenters. The number of hydrogen-bond acceptors (Lipinski definition) is 5. The predicted molar refractivity (Wildman–Crippen MR) is 112 cm³/mol. The van der Waals surface area contributed by atoms with Crippen LogP contribution in [0.4, 0.5) is 18.9 Å². The molecular formula is C22H32F3N3O3. The molecule has 2 fully saturated rings. The summed E-state index contributed by atoms with van der Waals surface area (Å²) in [4.78, 5) is 16.2. The molecule has 2 aliphatic rings. The number of nitrogens with zero attached hydrogens (tertiary/aromatic N) is 2. The van der Waals surface area contributed by atoms with Crippen molar-refractivity contribution in [1.29, 1.82) is 0 Å². The van der Waals surface area contributed by atoms with Crippen LogP contribution in [0.15, 0.2) is 18.2 Å². The summed E-state index contributed by atoms with van der Waals surface area (Å²) in [6.45, 7) is 3.45. The van der Waals surface area contributed by atoms with Crippen LogP contribution in [0.3, 0.4) is 0 Å². The van der Waals surface area contributed by atoms with E-state index in [0.717, 1.165) is 0 Å². The maximum Gasteiger partial charge on any atom is 0.248 e. The average Bonchev–Trinajstić information content (AvgIpc) is 2.74. The Bertz CT molecular complexity index is 732. The van der Waals surface area contributed by atoms with Crippen LogP contribution in [0.1, 0.15) is 32.1 Å². The van der Waals surface area contributed by atoms with E-state index >= 15 is 0 Å². The first kappa shape index (κ1) is 23.7. The molecule has 1 atom stereocenters. The van der Waals surface area contributed by atoms with Gasteiger partial charge in [-0.15, -0.1) is 0 Å².